The van der Waals surface area contributed by atoms with Crippen LogP contribution in [0.2, 0.25) is 5.15 Å². The molecular weight excluding hydrogens is 1320 g/mol. The van der Waals surface area contributed by atoms with Crippen molar-refractivity contribution in [2.24, 2.45) is 0 Å². The largest absolute Gasteiger partial charge is 0.354 e. The lowest BCUT2D eigenvalue weighted by Gasteiger charge is -2.16. The third-order valence-corrected chi connectivity index (χ3v) is 22.4. The fourth-order valence-corrected chi connectivity index (χ4v) is 17.5. The fourth-order valence-electron chi connectivity index (χ4n) is 17.2. The van der Waals surface area contributed by atoms with E-state index in [9.17, 15) is 0 Å². The van der Waals surface area contributed by atoms with E-state index in [2.05, 4.69) is 330 Å². The summed E-state index contributed by atoms with van der Waals surface area (Å²) in [6.07, 6.45) is 0. The number of aromatic nitrogens is 6. The van der Waals surface area contributed by atoms with Crippen molar-refractivity contribution in [3.05, 3.63) is 357 Å². The van der Waals surface area contributed by atoms with Crippen molar-refractivity contribution in [3.63, 3.8) is 0 Å². The molecule has 0 unspecified atom stereocenters. The molecule has 24 aromatic rings. The molecule has 0 saturated carbocycles. The van der Waals surface area contributed by atoms with Gasteiger partial charge in [0.2, 0.25) is 0 Å². The van der Waals surface area contributed by atoms with Gasteiger partial charge in [0.1, 0.15) is 11.4 Å². The minimum absolute atomic E-state index is 0.430. The van der Waals surface area contributed by atoms with Gasteiger partial charge in [-0.3, -0.25) is 4.57 Å². The monoisotopic (exact) mass is 1380 g/mol. The summed E-state index contributed by atoms with van der Waals surface area (Å²) in [6, 6.07) is 126. The van der Waals surface area contributed by atoms with Crippen molar-refractivity contribution in [1.29, 1.82) is 0 Å². The van der Waals surface area contributed by atoms with Gasteiger partial charge in [0.15, 0.2) is 11.0 Å². The molecule has 1 N–H and O–H groups in total. The van der Waals surface area contributed by atoms with E-state index >= 15 is 0 Å². The molecule has 0 atom stereocenters. The number of halogens is 1. The normalized spacial score (nSPS) is 12.0. The van der Waals surface area contributed by atoms with Gasteiger partial charge in [0.25, 0.3) is 0 Å². The molecule has 6 nitrogen and oxygen atoms in total. The number of aromatic amines is 1. The van der Waals surface area contributed by atoms with Gasteiger partial charge in [-0.2, -0.15) is 0 Å². The average Bonchev–Trinajstić information content (AvgIpc) is 1.63. The van der Waals surface area contributed by atoms with E-state index in [-0.39, 0.29) is 0 Å². The molecule has 24 rings (SSSR count). The van der Waals surface area contributed by atoms with Crippen LogP contribution in [-0.2, 0) is 0 Å². The first-order chi connectivity index (χ1) is 53.0. The summed E-state index contributed by atoms with van der Waals surface area (Å²) in [5.41, 5.74) is 11.7. The number of hydrogen-bond acceptors (Lipinski definition) is 4. The Hall–Kier alpha value is -13.9. The number of hydrogen-bond donors (Lipinski definition) is 1. The minimum Gasteiger partial charge on any atom is -0.354 e. The van der Waals surface area contributed by atoms with Crippen LogP contribution in [0.4, 0.5) is 0 Å². The highest BCUT2D eigenvalue weighted by atomic mass is 35.5. The Balaban J connectivity index is 0.000000111. The van der Waals surface area contributed by atoms with Gasteiger partial charge >= 0.3 is 0 Å². The molecule has 20 aromatic carbocycles. The number of benzene rings is 20. The molecule has 4 aromatic heterocycles. The summed E-state index contributed by atoms with van der Waals surface area (Å²) < 4.78 is 2.39. The van der Waals surface area contributed by atoms with E-state index in [0.29, 0.717) is 5.15 Å². The lowest BCUT2D eigenvalue weighted by molar-refractivity contribution is 1.08. The van der Waals surface area contributed by atoms with Crippen LogP contribution in [0.1, 0.15) is 0 Å². The first kappa shape index (κ1) is 60.7. The maximum atomic E-state index is 6.52. The topological polar surface area (TPSA) is 72.3 Å². The number of rotatable bonds is 3. The summed E-state index contributed by atoms with van der Waals surface area (Å²) in [5.74, 6) is 0.823. The fraction of sp³-hybridized carbons (Fsp3) is 0. The maximum absolute atomic E-state index is 6.52. The highest BCUT2D eigenvalue weighted by Crippen LogP contribution is 2.47. The molecule has 496 valence electrons. The molecule has 4 heterocycles. The Bertz CT molecular complexity index is 7860. The van der Waals surface area contributed by atoms with Gasteiger partial charge < -0.3 is 4.98 Å². The lowest BCUT2D eigenvalue weighted by Crippen LogP contribution is -2.04. The zero-order chi connectivity index (χ0) is 70.4. The molecule has 0 spiro atoms. The van der Waals surface area contributed by atoms with Crippen LogP contribution in [0.25, 0.3) is 223 Å². The van der Waals surface area contributed by atoms with Crippen molar-refractivity contribution < 1.29 is 0 Å². The maximum Gasteiger partial charge on any atom is 0.165 e. The summed E-state index contributed by atoms with van der Waals surface area (Å²) in [7, 11) is 0. The Morgan fingerprint density at radius 2 is 0.598 bits per heavy atom. The van der Waals surface area contributed by atoms with Crippen molar-refractivity contribution in [3.8, 4) is 28.3 Å². The summed E-state index contributed by atoms with van der Waals surface area (Å²) in [4.78, 5) is 24.3. The van der Waals surface area contributed by atoms with Gasteiger partial charge in [-0.15, -0.1) is 0 Å². The third kappa shape index (κ3) is 9.66. The predicted molar refractivity (Wildman–Crippen MR) is 455 cm³/mol. The molecule has 0 aliphatic heterocycles. The van der Waals surface area contributed by atoms with Gasteiger partial charge in [0.05, 0.1) is 33.1 Å². The van der Waals surface area contributed by atoms with E-state index in [0.717, 1.165) is 88.4 Å². The molecule has 0 fully saturated rings. The number of nitrogens with one attached hydrogen (secondary N) is 1. The second-order valence-electron chi connectivity index (χ2n) is 28.1. The number of H-pyrrole nitrogens is 1. The Morgan fingerprint density at radius 1 is 0.224 bits per heavy atom. The molecule has 0 aliphatic carbocycles. The van der Waals surface area contributed by atoms with E-state index in [1.54, 1.807) is 0 Å². The zero-order valence-corrected chi connectivity index (χ0v) is 58.4. The molecule has 107 heavy (non-hydrogen) atoms. The van der Waals surface area contributed by atoms with Crippen molar-refractivity contribution in [1.82, 2.24) is 29.5 Å². The third-order valence-electron chi connectivity index (χ3n) is 22.2. The van der Waals surface area contributed by atoms with Crippen LogP contribution in [0.3, 0.4) is 0 Å². The van der Waals surface area contributed by atoms with E-state index in [4.69, 9.17) is 26.6 Å². The molecule has 0 saturated heterocycles. The second kappa shape index (κ2) is 24.1. The Labute approximate surface area is 617 Å². The predicted octanol–water partition coefficient (Wildman–Crippen LogP) is 27.5. The quantitative estimate of drug-likeness (QED) is 0.179. The van der Waals surface area contributed by atoms with E-state index < -0.39 is 0 Å². The van der Waals surface area contributed by atoms with Gasteiger partial charge in [-0.05, 0) is 168 Å². The van der Waals surface area contributed by atoms with E-state index in [1.807, 2.05) is 36.4 Å². The number of nitrogens with zero attached hydrogens (tertiary/aromatic N) is 5. The molecule has 0 radical (unpaired) electrons. The van der Waals surface area contributed by atoms with Gasteiger partial charge in [-0.25, -0.2) is 19.9 Å². The SMILES string of the molecule is Clc1nc2c(ccc3ccccc32)nc1-c1ccc2ccccc2c1.c1ccc2cc(-c3nc4ccc5ccccc5c4nc3-n3c4cc5ccccc5cc4c4c5c6ccccc6c6ccccc6c5ccc43)ccc2c1.c1ccc2cc3c(cc2c1)[nH]c1ccc2c4ccccc4c4ccccc4c2c13. The van der Waals surface area contributed by atoms with E-state index in [1.165, 1.54) is 135 Å². The summed E-state index contributed by atoms with van der Waals surface area (Å²) in [5, 5.41) is 35.1. The average molecular weight is 1380 g/mol. The highest BCUT2D eigenvalue weighted by Gasteiger charge is 2.25. The first-order valence-corrected chi connectivity index (χ1v) is 36.7. The lowest BCUT2D eigenvalue weighted by atomic mass is 9.91. The van der Waals surface area contributed by atoms with Crippen molar-refractivity contribution in [2.75, 3.05) is 0 Å². The highest BCUT2D eigenvalue weighted by molar-refractivity contribution is 6.38. The first-order valence-electron chi connectivity index (χ1n) is 36.4. The van der Waals surface area contributed by atoms with Crippen LogP contribution in [0.15, 0.2) is 352 Å². The van der Waals surface area contributed by atoms with Gasteiger partial charge in [0, 0.05) is 65.3 Å². The van der Waals surface area contributed by atoms with Gasteiger partial charge in [-0.1, -0.05) is 303 Å². The second-order valence-corrected chi connectivity index (χ2v) is 28.4. The van der Waals surface area contributed by atoms with Crippen LogP contribution >= 0.6 is 11.6 Å². The summed E-state index contributed by atoms with van der Waals surface area (Å²) >= 11 is 6.52. The smallest absolute Gasteiger partial charge is 0.165 e. The van der Waals surface area contributed by atoms with Crippen LogP contribution in [0, 0.1) is 0 Å². The van der Waals surface area contributed by atoms with Crippen LogP contribution < -0.4 is 0 Å². The number of fused-ring (bicyclic) bond motifs is 30. The Kier molecular flexibility index (Phi) is 13.7. The van der Waals surface area contributed by atoms with Crippen molar-refractivity contribution >= 4 is 207 Å². The Morgan fingerprint density at radius 3 is 1.13 bits per heavy atom. The molecule has 7 heteroatoms. The minimum atomic E-state index is 0.430. The molecule has 0 bridgehead atoms. The zero-order valence-electron chi connectivity index (χ0n) is 57.6. The van der Waals surface area contributed by atoms with Crippen LogP contribution in [-0.4, -0.2) is 29.5 Å². The molecule has 0 amide bonds. The van der Waals surface area contributed by atoms with Crippen molar-refractivity contribution in [2.45, 2.75) is 0 Å². The standard InChI is InChI=1S/C50H29N3.C28H17N.C22H13ClN2/c1-2-13-32-27-35(22-21-30(32)11-1)48-50(52-49-36-16-6-5-12-31(36)23-25-43(49)51-48)53-44-26-24-41-39-19-8-7-17-37(39)38-18-9-10-20-40(38)46(41)47(44)42-28-33-14-3-4-15-34(33)29-45(42)53;1-2-8-18-16-26-24(15-17(18)7-1)28-25(29-26)14-13-23-21-11-4-3-9-19(21)20-10-5-6-12-22(20)27(23)28;23-22-20(17-10-9-14-5-1-2-7-16(14)13-17)24-19-12-11-15-6-3-4-8-18(15)21(19)25-22/h1-29H;1-16,29H;1-13H. The molecule has 0 aliphatic rings. The summed E-state index contributed by atoms with van der Waals surface area (Å²) in [6.45, 7) is 0. The molecular formula is C100H59ClN6. The van der Waals surface area contributed by atoms with Crippen LogP contribution in [0.5, 0.6) is 0 Å².